The number of benzene rings is 2. The molecule has 0 amide bonds. The average molecular weight is 370 g/mol. The molecule has 2 aromatic rings. The van der Waals surface area contributed by atoms with E-state index in [2.05, 4.69) is 0 Å². The van der Waals surface area contributed by atoms with E-state index in [1.165, 1.54) is 24.3 Å². The minimum absolute atomic E-state index is 0.0164. The highest BCUT2D eigenvalue weighted by atomic mass is 16.5. The van der Waals surface area contributed by atoms with Crippen molar-refractivity contribution < 1.29 is 38.9 Å². The van der Waals surface area contributed by atoms with E-state index in [1.54, 1.807) is 0 Å². The van der Waals surface area contributed by atoms with E-state index in [0.717, 1.165) is 14.2 Å². The first kappa shape index (κ1) is 18.1. The van der Waals surface area contributed by atoms with Gasteiger partial charge in [-0.25, -0.2) is 19.2 Å². The van der Waals surface area contributed by atoms with Crippen LogP contribution in [0.25, 0.3) is 16.3 Å². The third-order valence-electron chi connectivity index (χ3n) is 4.42. The van der Waals surface area contributed by atoms with Gasteiger partial charge in [0, 0.05) is 12.0 Å². The Morgan fingerprint density at radius 1 is 0.926 bits per heavy atom. The number of ether oxygens (including phenoxy) is 2. The van der Waals surface area contributed by atoms with Gasteiger partial charge < -0.3 is 19.7 Å². The number of carboxylic acids is 2. The van der Waals surface area contributed by atoms with E-state index in [4.69, 9.17) is 9.47 Å². The van der Waals surface area contributed by atoms with Crippen LogP contribution in [0, 0.1) is 0 Å². The summed E-state index contributed by atoms with van der Waals surface area (Å²) in [4.78, 5) is 47.9. The monoisotopic (exact) mass is 370 g/mol. The fraction of sp³-hybridized carbons (Fsp3) is 0.158. The Balaban J connectivity index is 2.51. The van der Waals surface area contributed by atoms with Crippen molar-refractivity contribution in [2.75, 3.05) is 14.2 Å². The summed E-state index contributed by atoms with van der Waals surface area (Å²) in [5, 5.41) is 19.7. The lowest BCUT2D eigenvalue weighted by atomic mass is 9.80. The van der Waals surface area contributed by atoms with Crippen LogP contribution in [0.4, 0.5) is 0 Å². The van der Waals surface area contributed by atoms with Crippen LogP contribution in [0.3, 0.4) is 0 Å². The summed E-state index contributed by atoms with van der Waals surface area (Å²) in [6.45, 7) is 0. The fourth-order valence-electron chi connectivity index (χ4n) is 3.31. The largest absolute Gasteiger partial charge is 0.478 e. The lowest BCUT2D eigenvalue weighted by Gasteiger charge is -2.23. The molecule has 0 atom stereocenters. The number of hydrogen-bond acceptors (Lipinski definition) is 6. The van der Waals surface area contributed by atoms with E-state index >= 15 is 0 Å². The zero-order chi connectivity index (χ0) is 19.9. The topological polar surface area (TPSA) is 127 Å². The Morgan fingerprint density at radius 2 is 1.59 bits per heavy atom. The molecule has 0 unspecified atom stereocenters. The maximum Gasteiger partial charge on any atom is 0.339 e. The number of methoxy groups -OCH3 is 2. The highest BCUT2D eigenvalue weighted by Gasteiger charge is 2.34. The molecule has 2 N–H and O–H groups in total. The molecule has 1 aliphatic carbocycles. The van der Waals surface area contributed by atoms with Crippen LogP contribution in [0.5, 0.6) is 0 Å². The van der Waals surface area contributed by atoms with Gasteiger partial charge in [-0.1, -0.05) is 6.07 Å². The number of hydrogen-bond donors (Lipinski definition) is 2. The van der Waals surface area contributed by atoms with Gasteiger partial charge in [-0.3, -0.25) is 0 Å². The number of rotatable bonds is 4. The predicted octanol–water partition coefficient (Wildman–Crippen LogP) is 1.89. The third-order valence-corrected chi connectivity index (χ3v) is 4.42. The molecule has 2 aromatic carbocycles. The summed E-state index contributed by atoms with van der Waals surface area (Å²) in [6, 6.07) is 5.47. The summed E-state index contributed by atoms with van der Waals surface area (Å²) < 4.78 is 9.50. The molecule has 0 aromatic heterocycles. The minimum atomic E-state index is -1.30. The number of aromatic carboxylic acids is 2. The van der Waals surface area contributed by atoms with Crippen molar-refractivity contribution in [1.82, 2.24) is 0 Å². The molecule has 27 heavy (non-hydrogen) atoms. The van der Waals surface area contributed by atoms with E-state index < -0.39 is 23.9 Å². The zero-order valence-electron chi connectivity index (χ0n) is 14.4. The van der Waals surface area contributed by atoms with Crippen molar-refractivity contribution in [3.05, 3.63) is 52.1 Å². The highest BCUT2D eigenvalue weighted by molar-refractivity contribution is 6.29. The maximum absolute atomic E-state index is 12.4. The molecule has 8 nitrogen and oxygen atoms in total. The summed E-state index contributed by atoms with van der Waals surface area (Å²) in [7, 11) is 2.25. The Morgan fingerprint density at radius 3 is 2.15 bits per heavy atom. The van der Waals surface area contributed by atoms with Crippen molar-refractivity contribution in [2.45, 2.75) is 6.42 Å². The lowest BCUT2D eigenvalue weighted by molar-refractivity contribution is -0.137. The lowest BCUT2D eigenvalue weighted by Crippen LogP contribution is -2.21. The van der Waals surface area contributed by atoms with Gasteiger partial charge in [0.1, 0.15) is 0 Å². The van der Waals surface area contributed by atoms with E-state index in [1.807, 2.05) is 0 Å². The van der Waals surface area contributed by atoms with Gasteiger partial charge in [0.05, 0.1) is 36.5 Å². The molecule has 0 radical (unpaired) electrons. The van der Waals surface area contributed by atoms with Gasteiger partial charge in [-0.05, 0) is 34.5 Å². The Bertz CT molecular complexity index is 1060. The van der Waals surface area contributed by atoms with E-state index in [-0.39, 0.29) is 34.3 Å². The minimum Gasteiger partial charge on any atom is -0.478 e. The summed E-state index contributed by atoms with van der Waals surface area (Å²) in [6.07, 6.45) is -0.0925. The second-order valence-electron chi connectivity index (χ2n) is 5.85. The van der Waals surface area contributed by atoms with Crippen LogP contribution in [0.2, 0.25) is 0 Å². The number of carbonyl (C=O) groups excluding carboxylic acids is 2. The Kier molecular flexibility index (Phi) is 4.40. The van der Waals surface area contributed by atoms with Crippen LogP contribution in [0.15, 0.2) is 29.8 Å². The molecule has 3 rings (SSSR count). The van der Waals surface area contributed by atoms with Crippen molar-refractivity contribution in [3.63, 3.8) is 0 Å². The normalized spacial score (nSPS) is 12.7. The summed E-state index contributed by atoms with van der Waals surface area (Å²) in [5.41, 5.74) is -0.0654. The molecule has 0 heterocycles. The second-order valence-corrected chi connectivity index (χ2v) is 5.85. The van der Waals surface area contributed by atoms with Gasteiger partial charge in [0.15, 0.2) is 0 Å². The SMILES string of the molecule is COC(=O)C1=C(C(=O)OC)c2c(C(=O)O)ccc3cc(C(=O)O)cc(c23)C1. The molecule has 0 saturated heterocycles. The summed E-state index contributed by atoms with van der Waals surface area (Å²) in [5.74, 6) is -4.17. The molecule has 0 fully saturated rings. The van der Waals surface area contributed by atoms with Gasteiger partial charge in [0.2, 0.25) is 0 Å². The quantitative estimate of drug-likeness (QED) is 0.781. The standard InChI is InChI=1S/C19H14O8/c1-26-18(24)12-7-9-6-10(16(20)21)5-8-3-4-11(17(22)23)14(13(8)9)15(12)19(25)27-2/h3-6H,7H2,1-2H3,(H,20,21)(H,22,23). The number of carbonyl (C=O) groups is 4. The zero-order valence-corrected chi connectivity index (χ0v) is 14.4. The van der Waals surface area contributed by atoms with Gasteiger partial charge in [0.25, 0.3) is 0 Å². The predicted molar refractivity (Wildman–Crippen MR) is 92.5 cm³/mol. The molecule has 0 bridgehead atoms. The third kappa shape index (κ3) is 2.80. The number of esters is 2. The molecule has 138 valence electrons. The molecule has 0 spiro atoms. The second kappa shape index (κ2) is 6.56. The smallest absolute Gasteiger partial charge is 0.339 e. The van der Waals surface area contributed by atoms with Crippen LogP contribution in [-0.4, -0.2) is 48.3 Å². The highest BCUT2D eigenvalue weighted by Crippen LogP contribution is 2.40. The first-order chi connectivity index (χ1) is 12.8. The Labute approximate surface area is 152 Å². The van der Waals surface area contributed by atoms with Crippen molar-refractivity contribution in [1.29, 1.82) is 0 Å². The molecule has 0 saturated carbocycles. The molecule has 0 aliphatic heterocycles. The summed E-state index contributed by atoms with van der Waals surface area (Å²) >= 11 is 0. The Hall–Kier alpha value is -3.68. The van der Waals surface area contributed by atoms with Crippen molar-refractivity contribution >= 4 is 40.2 Å². The average Bonchev–Trinajstić information content (AvgIpc) is 2.65. The van der Waals surface area contributed by atoms with Crippen molar-refractivity contribution in [2.24, 2.45) is 0 Å². The van der Waals surface area contributed by atoms with Gasteiger partial charge in [-0.15, -0.1) is 0 Å². The van der Waals surface area contributed by atoms with E-state index in [9.17, 15) is 29.4 Å². The van der Waals surface area contributed by atoms with Crippen LogP contribution in [0.1, 0.15) is 31.8 Å². The van der Waals surface area contributed by atoms with Gasteiger partial charge >= 0.3 is 23.9 Å². The molecular formula is C19H14O8. The number of carboxylic acid groups (broad SMARTS) is 2. The van der Waals surface area contributed by atoms with E-state index in [0.29, 0.717) is 16.3 Å². The fourth-order valence-corrected chi connectivity index (χ4v) is 3.31. The van der Waals surface area contributed by atoms with Crippen LogP contribution >= 0.6 is 0 Å². The van der Waals surface area contributed by atoms with Crippen molar-refractivity contribution in [3.8, 4) is 0 Å². The maximum atomic E-state index is 12.4. The van der Waals surface area contributed by atoms with Crippen LogP contribution in [-0.2, 0) is 25.5 Å². The first-order valence-electron chi connectivity index (χ1n) is 7.76. The first-order valence-corrected chi connectivity index (χ1v) is 7.76. The van der Waals surface area contributed by atoms with Crippen LogP contribution < -0.4 is 0 Å². The molecule has 1 aliphatic rings. The molecular weight excluding hydrogens is 356 g/mol. The molecule has 8 heteroatoms. The van der Waals surface area contributed by atoms with Gasteiger partial charge in [-0.2, -0.15) is 0 Å².